The molecule has 0 aromatic heterocycles. The van der Waals surface area contributed by atoms with Gasteiger partial charge in [-0.1, -0.05) is 31.9 Å². The van der Waals surface area contributed by atoms with Gasteiger partial charge in [0.25, 0.3) is 0 Å². The van der Waals surface area contributed by atoms with Gasteiger partial charge in [-0.2, -0.15) is 0 Å². The Morgan fingerprint density at radius 3 is 2.60 bits per heavy atom. The first-order chi connectivity index (χ1) is 4.77. The summed E-state index contributed by atoms with van der Waals surface area (Å²) in [5.41, 5.74) is 10.4. The maximum Gasteiger partial charge on any atom is 0.0933 e. The molecule has 0 bridgehead atoms. The van der Waals surface area contributed by atoms with Gasteiger partial charge in [-0.05, 0) is 12.5 Å². The number of allylic oxidation sites excluding steroid dienone is 3. The van der Waals surface area contributed by atoms with Crippen LogP contribution in [0.3, 0.4) is 0 Å². The minimum atomic E-state index is 0.368. The normalized spacial score (nSPS) is 10.1. The summed E-state index contributed by atoms with van der Waals surface area (Å²) < 4.78 is 0. The standard InChI is InChI=1S/C8H16N2/c1-2-3-4-5-6-7-8(9)10/h5-7H,2-4,9-10H2,1H3. The zero-order chi connectivity index (χ0) is 7.82. The van der Waals surface area contributed by atoms with Crippen LogP contribution in [0.25, 0.3) is 0 Å². The molecule has 4 N–H and O–H groups in total. The molecular formula is C8H16N2. The van der Waals surface area contributed by atoms with E-state index in [2.05, 4.69) is 13.0 Å². The molecule has 10 heavy (non-hydrogen) atoms. The van der Waals surface area contributed by atoms with Crippen LogP contribution in [0.4, 0.5) is 0 Å². The predicted octanol–water partition coefficient (Wildman–Crippen LogP) is 1.49. The first-order valence-electron chi connectivity index (χ1n) is 3.65. The van der Waals surface area contributed by atoms with Crippen molar-refractivity contribution in [3.05, 3.63) is 24.0 Å². The van der Waals surface area contributed by atoms with Gasteiger partial charge in [0.05, 0.1) is 5.82 Å². The van der Waals surface area contributed by atoms with E-state index in [9.17, 15) is 0 Å². The minimum Gasteiger partial charge on any atom is -0.386 e. The van der Waals surface area contributed by atoms with Crippen LogP contribution in [0.1, 0.15) is 26.2 Å². The van der Waals surface area contributed by atoms with Crippen molar-refractivity contribution in [2.24, 2.45) is 11.5 Å². The Morgan fingerprint density at radius 2 is 2.10 bits per heavy atom. The molecule has 0 aliphatic carbocycles. The van der Waals surface area contributed by atoms with Crippen molar-refractivity contribution < 1.29 is 0 Å². The van der Waals surface area contributed by atoms with Gasteiger partial charge in [0, 0.05) is 0 Å². The monoisotopic (exact) mass is 140 g/mol. The molecule has 0 amide bonds. The fourth-order valence-electron chi connectivity index (χ4n) is 0.597. The lowest BCUT2D eigenvalue weighted by molar-refractivity contribution is 0.815. The molecule has 0 unspecified atom stereocenters. The highest BCUT2D eigenvalue weighted by Crippen LogP contribution is 1.94. The van der Waals surface area contributed by atoms with Crippen LogP contribution in [-0.2, 0) is 0 Å². The van der Waals surface area contributed by atoms with Crippen molar-refractivity contribution in [3.63, 3.8) is 0 Å². The van der Waals surface area contributed by atoms with Crippen molar-refractivity contribution in [1.82, 2.24) is 0 Å². The first kappa shape index (κ1) is 9.08. The summed E-state index contributed by atoms with van der Waals surface area (Å²) in [6.07, 6.45) is 9.24. The maximum absolute atomic E-state index is 5.19. The Kier molecular flexibility index (Phi) is 5.63. The third-order valence-electron chi connectivity index (χ3n) is 1.15. The summed E-state index contributed by atoms with van der Waals surface area (Å²) in [5.74, 6) is 0.368. The van der Waals surface area contributed by atoms with Crippen LogP contribution in [0.5, 0.6) is 0 Å². The Morgan fingerprint density at radius 1 is 1.40 bits per heavy atom. The molecule has 0 saturated carbocycles. The minimum absolute atomic E-state index is 0.368. The second kappa shape index (κ2) is 6.20. The summed E-state index contributed by atoms with van der Waals surface area (Å²) in [5, 5.41) is 0. The SMILES string of the molecule is CCCCC=CC=C(N)N. The van der Waals surface area contributed by atoms with Crippen LogP contribution in [0.2, 0.25) is 0 Å². The molecule has 0 aromatic carbocycles. The van der Waals surface area contributed by atoms with E-state index in [1.807, 2.05) is 6.08 Å². The van der Waals surface area contributed by atoms with Crippen molar-refractivity contribution in [2.45, 2.75) is 26.2 Å². The lowest BCUT2D eigenvalue weighted by Crippen LogP contribution is -2.06. The summed E-state index contributed by atoms with van der Waals surface area (Å²) in [7, 11) is 0. The van der Waals surface area contributed by atoms with E-state index in [-0.39, 0.29) is 0 Å². The van der Waals surface area contributed by atoms with E-state index >= 15 is 0 Å². The molecule has 58 valence electrons. The second-order valence-corrected chi connectivity index (χ2v) is 2.24. The molecule has 0 aliphatic heterocycles. The van der Waals surface area contributed by atoms with Gasteiger partial charge in [-0.25, -0.2) is 0 Å². The van der Waals surface area contributed by atoms with Crippen LogP contribution >= 0.6 is 0 Å². The van der Waals surface area contributed by atoms with Crippen LogP contribution in [0, 0.1) is 0 Å². The predicted molar refractivity (Wildman–Crippen MR) is 45.1 cm³/mol. The summed E-state index contributed by atoms with van der Waals surface area (Å²) in [6, 6.07) is 0. The average molecular weight is 140 g/mol. The summed E-state index contributed by atoms with van der Waals surface area (Å²) in [6.45, 7) is 2.17. The Bertz CT molecular complexity index is 121. The van der Waals surface area contributed by atoms with Gasteiger partial charge >= 0.3 is 0 Å². The molecule has 0 aliphatic rings. The fourth-order valence-corrected chi connectivity index (χ4v) is 0.597. The van der Waals surface area contributed by atoms with Gasteiger partial charge in [-0.15, -0.1) is 0 Å². The molecule has 0 spiro atoms. The number of nitrogens with two attached hydrogens (primary N) is 2. The first-order valence-corrected chi connectivity index (χ1v) is 3.65. The molecule has 0 atom stereocenters. The molecule has 0 saturated heterocycles. The summed E-state index contributed by atoms with van der Waals surface area (Å²) >= 11 is 0. The van der Waals surface area contributed by atoms with E-state index in [0.717, 1.165) is 6.42 Å². The van der Waals surface area contributed by atoms with E-state index < -0.39 is 0 Å². The molecule has 0 rings (SSSR count). The van der Waals surface area contributed by atoms with Crippen LogP contribution in [-0.4, -0.2) is 0 Å². The second-order valence-electron chi connectivity index (χ2n) is 2.24. The number of unbranched alkanes of at least 4 members (excludes halogenated alkanes) is 2. The van der Waals surface area contributed by atoms with E-state index in [0.29, 0.717) is 5.82 Å². The van der Waals surface area contributed by atoms with Gasteiger partial charge in [0.15, 0.2) is 0 Å². The molecule has 2 nitrogen and oxygen atoms in total. The van der Waals surface area contributed by atoms with Gasteiger partial charge in [0.1, 0.15) is 0 Å². The largest absolute Gasteiger partial charge is 0.386 e. The van der Waals surface area contributed by atoms with Crippen LogP contribution in [0.15, 0.2) is 24.0 Å². The van der Waals surface area contributed by atoms with Gasteiger partial charge in [0.2, 0.25) is 0 Å². The van der Waals surface area contributed by atoms with E-state index in [1.54, 1.807) is 6.08 Å². The highest BCUT2D eigenvalue weighted by atomic mass is 14.8. The van der Waals surface area contributed by atoms with Crippen molar-refractivity contribution in [3.8, 4) is 0 Å². The van der Waals surface area contributed by atoms with Gasteiger partial charge < -0.3 is 11.5 Å². The van der Waals surface area contributed by atoms with E-state index in [4.69, 9.17) is 11.5 Å². The number of rotatable bonds is 4. The molecule has 0 aromatic rings. The lowest BCUT2D eigenvalue weighted by Gasteiger charge is -1.87. The Labute approximate surface area is 62.6 Å². The topological polar surface area (TPSA) is 52.0 Å². The quantitative estimate of drug-likeness (QED) is 0.459. The lowest BCUT2D eigenvalue weighted by atomic mass is 10.2. The van der Waals surface area contributed by atoms with Crippen molar-refractivity contribution in [2.75, 3.05) is 0 Å². The Balaban J connectivity index is 3.29. The number of hydrogen-bond acceptors (Lipinski definition) is 2. The molecule has 2 heteroatoms. The molecule has 0 fully saturated rings. The molecule has 0 radical (unpaired) electrons. The number of hydrogen-bond donors (Lipinski definition) is 2. The maximum atomic E-state index is 5.19. The average Bonchev–Trinajstić information content (AvgIpc) is 1.87. The third kappa shape index (κ3) is 7.08. The van der Waals surface area contributed by atoms with Crippen LogP contribution < -0.4 is 11.5 Å². The zero-order valence-corrected chi connectivity index (χ0v) is 6.51. The molecule has 0 heterocycles. The van der Waals surface area contributed by atoms with E-state index in [1.165, 1.54) is 12.8 Å². The smallest absolute Gasteiger partial charge is 0.0933 e. The highest BCUT2D eigenvalue weighted by molar-refractivity contribution is 5.06. The van der Waals surface area contributed by atoms with Crippen molar-refractivity contribution >= 4 is 0 Å². The highest BCUT2D eigenvalue weighted by Gasteiger charge is 1.76. The fraction of sp³-hybridized carbons (Fsp3) is 0.500. The Hall–Kier alpha value is -0.920. The van der Waals surface area contributed by atoms with Gasteiger partial charge in [-0.3, -0.25) is 0 Å². The molecular weight excluding hydrogens is 124 g/mol. The third-order valence-corrected chi connectivity index (χ3v) is 1.15. The zero-order valence-electron chi connectivity index (χ0n) is 6.51. The summed E-state index contributed by atoms with van der Waals surface area (Å²) in [4.78, 5) is 0. The van der Waals surface area contributed by atoms with Crippen molar-refractivity contribution in [1.29, 1.82) is 0 Å².